The van der Waals surface area contributed by atoms with E-state index in [-0.39, 0.29) is 0 Å². The Balaban J connectivity index is 2.47. The predicted octanol–water partition coefficient (Wildman–Crippen LogP) is 2.35. The topological polar surface area (TPSA) is 15.3 Å². The fraction of sp³-hybridized carbons (Fsp3) is 1.00. The number of likely N-dealkylation sites (N-methyl/N-ethyl adjacent to an activating group) is 1. The average Bonchev–Trinajstić information content (AvgIpc) is 2.15. The molecule has 0 aromatic heterocycles. The maximum atomic E-state index is 3.53. The lowest BCUT2D eigenvalue weighted by Crippen LogP contribution is -2.51. The quantitative estimate of drug-likeness (QED) is 0.769. The summed E-state index contributed by atoms with van der Waals surface area (Å²) < 4.78 is 0. The third kappa shape index (κ3) is 3.76. The lowest BCUT2D eigenvalue weighted by molar-refractivity contribution is 0.0870. The van der Waals surface area contributed by atoms with Crippen LogP contribution < -0.4 is 5.32 Å². The second-order valence-electron chi connectivity index (χ2n) is 5.49. The maximum absolute atomic E-state index is 3.53. The largest absolute Gasteiger partial charge is 0.313 e. The molecule has 1 aliphatic heterocycles. The minimum Gasteiger partial charge on any atom is -0.313 e. The number of nitrogens with zero attached hydrogens (tertiary/aromatic N) is 1. The third-order valence-corrected chi connectivity index (χ3v) is 3.72. The summed E-state index contributed by atoms with van der Waals surface area (Å²) in [7, 11) is 0. The van der Waals surface area contributed by atoms with Gasteiger partial charge in [-0.15, -0.1) is 0 Å². The molecule has 4 unspecified atom stereocenters. The van der Waals surface area contributed by atoms with Crippen LogP contribution in [0.15, 0.2) is 0 Å². The number of hydrogen-bond acceptors (Lipinski definition) is 2. The zero-order valence-corrected chi connectivity index (χ0v) is 11.1. The molecule has 0 radical (unpaired) electrons. The summed E-state index contributed by atoms with van der Waals surface area (Å²) in [6, 6.07) is 1.27. The summed E-state index contributed by atoms with van der Waals surface area (Å²) in [5.41, 5.74) is 0. The normalized spacial score (nSPS) is 32.6. The van der Waals surface area contributed by atoms with E-state index in [0.717, 1.165) is 18.4 Å². The Labute approximate surface area is 95.4 Å². The number of likely N-dealkylation sites (tertiary alicyclic amines) is 1. The highest BCUT2D eigenvalue weighted by atomic mass is 15.2. The molecule has 1 fully saturated rings. The monoisotopic (exact) mass is 212 g/mol. The Morgan fingerprint density at radius 1 is 1.20 bits per heavy atom. The van der Waals surface area contributed by atoms with Gasteiger partial charge >= 0.3 is 0 Å². The van der Waals surface area contributed by atoms with Crippen molar-refractivity contribution < 1.29 is 0 Å². The summed E-state index contributed by atoms with van der Waals surface area (Å²) in [5.74, 6) is 1.73. The highest BCUT2D eigenvalue weighted by Crippen LogP contribution is 2.23. The van der Waals surface area contributed by atoms with Gasteiger partial charge in [0.15, 0.2) is 0 Å². The van der Waals surface area contributed by atoms with Crippen molar-refractivity contribution in [3.05, 3.63) is 0 Å². The fourth-order valence-electron chi connectivity index (χ4n) is 2.85. The fourth-order valence-corrected chi connectivity index (χ4v) is 2.85. The second-order valence-corrected chi connectivity index (χ2v) is 5.49. The van der Waals surface area contributed by atoms with Crippen molar-refractivity contribution in [1.29, 1.82) is 0 Å². The van der Waals surface area contributed by atoms with E-state index in [9.17, 15) is 0 Å². The van der Waals surface area contributed by atoms with Crippen LogP contribution in [0.5, 0.6) is 0 Å². The number of piperidine rings is 1. The molecule has 2 heteroatoms. The van der Waals surface area contributed by atoms with Crippen molar-refractivity contribution in [3.63, 3.8) is 0 Å². The second kappa shape index (κ2) is 5.86. The van der Waals surface area contributed by atoms with E-state index in [2.05, 4.69) is 44.8 Å². The molecular formula is C13H28N2. The van der Waals surface area contributed by atoms with Gasteiger partial charge in [0.05, 0.1) is 0 Å². The van der Waals surface area contributed by atoms with Crippen LogP contribution in [-0.4, -0.2) is 36.6 Å². The van der Waals surface area contributed by atoms with Gasteiger partial charge in [0, 0.05) is 25.2 Å². The molecule has 2 nitrogen and oxygen atoms in total. The molecule has 0 spiro atoms. The van der Waals surface area contributed by atoms with Crippen LogP contribution in [0.2, 0.25) is 0 Å². The van der Waals surface area contributed by atoms with Gasteiger partial charge in [0.2, 0.25) is 0 Å². The molecule has 15 heavy (non-hydrogen) atoms. The SMILES string of the molecule is CCNC(C)C(C)N1CC(C)CC(C)C1. The molecule has 1 heterocycles. The average molecular weight is 212 g/mol. The van der Waals surface area contributed by atoms with Gasteiger partial charge < -0.3 is 5.32 Å². The van der Waals surface area contributed by atoms with Crippen molar-refractivity contribution in [2.24, 2.45) is 11.8 Å². The van der Waals surface area contributed by atoms with Gasteiger partial charge in [-0.2, -0.15) is 0 Å². The van der Waals surface area contributed by atoms with Crippen molar-refractivity contribution in [2.45, 2.75) is 53.1 Å². The summed E-state index contributed by atoms with van der Waals surface area (Å²) in [4.78, 5) is 2.66. The molecular weight excluding hydrogens is 184 g/mol. The zero-order valence-electron chi connectivity index (χ0n) is 11.1. The van der Waals surface area contributed by atoms with E-state index in [4.69, 9.17) is 0 Å². The molecule has 0 aromatic carbocycles. The molecule has 90 valence electrons. The standard InChI is InChI=1S/C13H28N2/c1-6-14-12(4)13(5)15-8-10(2)7-11(3)9-15/h10-14H,6-9H2,1-5H3. The smallest absolute Gasteiger partial charge is 0.0218 e. The van der Waals surface area contributed by atoms with E-state index in [1.54, 1.807) is 0 Å². The van der Waals surface area contributed by atoms with E-state index < -0.39 is 0 Å². The molecule has 0 aliphatic carbocycles. The van der Waals surface area contributed by atoms with Crippen LogP contribution >= 0.6 is 0 Å². The van der Waals surface area contributed by atoms with Crippen molar-refractivity contribution >= 4 is 0 Å². The van der Waals surface area contributed by atoms with Gasteiger partial charge in [-0.25, -0.2) is 0 Å². The summed E-state index contributed by atoms with van der Waals surface area (Å²) in [5, 5.41) is 3.53. The first-order valence-corrected chi connectivity index (χ1v) is 6.52. The number of rotatable bonds is 4. The zero-order chi connectivity index (χ0) is 11.4. The first kappa shape index (κ1) is 13.0. The van der Waals surface area contributed by atoms with Gasteiger partial charge in [0.25, 0.3) is 0 Å². The predicted molar refractivity (Wildman–Crippen MR) is 67.1 cm³/mol. The van der Waals surface area contributed by atoms with Gasteiger partial charge in [-0.05, 0) is 38.6 Å². The summed E-state index contributed by atoms with van der Waals surface area (Å²) >= 11 is 0. The van der Waals surface area contributed by atoms with Crippen molar-refractivity contribution in [2.75, 3.05) is 19.6 Å². The lowest BCUT2D eigenvalue weighted by Gasteiger charge is -2.41. The molecule has 1 aliphatic rings. The van der Waals surface area contributed by atoms with Crippen LogP contribution in [0.1, 0.15) is 41.0 Å². The van der Waals surface area contributed by atoms with Crippen LogP contribution in [0.4, 0.5) is 0 Å². The molecule has 1 saturated heterocycles. The van der Waals surface area contributed by atoms with Gasteiger partial charge in [0.1, 0.15) is 0 Å². The van der Waals surface area contributed by atoms with Crippen molar-refractivity contribution in [3.8, 4) is 0 Å². The van der Waals surface area contributed by atoms with E-state index in [0.29, 0.717) is 12.1 Å². The lowest BCUT2D eigenvalue weighted by atomic mass is 9.90. The minimum absolute atomic E-state index is 0.604. The molecule has 0 bridgehead atoms. The van der Waals surface area contributed by atoms with Crippen LogP contribution in [0.25, 0.3) is 0 Å². The Morgan fingerprint density at radius 2 is 1.73 bits per heavy atom. The number of nitrogens with one attached hydrogen (secondary N) is 1. The van der Waals surface area contributed by atoms with E-state index in [1.807, 2.05) is 0 Å². The van der Waals surface area contributed by atoms with Crippen LogP contribution in [0.3, 0.4) is 0 Å². The Hall–Kier alpha value is -0.0800. The summed E-state index contributed by atoms with van der Waals surface area (Å²) in [6.07, 6.45) is 1.40. The molecule has 1 N–H and O–H groups in total. The first-order chi connectivity index (χ1) is 7.04. The molecule has 1 rings (SSSR count). The molecule has 0 saturated carbocycles. The minimum atomic E-state index is 0.604. The molecule has 0 aromatic rings. The summed E-state index contributed by atoms with van der Waals surface area (Å²) in [6.45, 7) is 15.2. The molecule has 4 atom stereocenters. The Kier molecular flexibility index (Phi) is 5.07. The van der Waals surface area contributed by atoms with Gasteiger partial charge in [-0.3, -0.25) is 4.90 Å². The number of hydrogen-bond donors (Lipinski definition) is 1. The third-order valence-electron chi connectivity index (χ3n) is 3.72. The molecule has 0 amide bonds. The van der Waals surface area contributed by atoms with Crippen molar-refractivity contribution in [1.82, 2.24) is 10.2 Å². The maximum Gasteiger partial charge on any atom is 0.0218 e. The first-order valence-electron chi connectivity index (χ1n) is 6.52. The Bertz CT molecular complexity index is 171. The van der Waals surface area contributed by atoms with Crippen LogP contribution in [-0.2, 0) is 0 Å². The Morgan fingerprint density at radius 3 is 2.20 bits per heavy atom. The van der Waals surface area contributed by atoms with Crippen LogP contribution in [0, 0.1) is 11.8 Å². The van der Waals surface area contributed by atoms with Gasteiger partial charge in [-0.1, -0.05) is 20.8 Å². The highest BCUT2D eigenvalue weighted by Gasteiger charge is 2.27. The highest BCUT2D eigenvalue weighted by molar-refractivity contribution is 4.83. The van der Waals surface area contributed by atoms with E-state index in [1.165, 1.54) is 19.5 Å². The van der Waals surface area contributed by atoms with E-state index >= 15 is 0 Å².